The van der Waals surface area contributed by atoms with Crippen molar-refractivity contribution in [3.05, 3.63) is 35.9 Å². The zero-order valence-corrected chi connectivity index (χ0v) is 15.2. The summed E-state index contributed by atoms with van der Waals surface area (Å²) in [5.41, 5.74) is 1.32. The third-order valence-corrected chi connectivity index (χ3v) is 4.36. The van der Waals surface area contributed by atoms with Crippen LogP contribution in [-0.4, -0.2) is 54.3 Å². The number of ketones is 1. The van der Waals surface area contributed by atoms with Crippen LogP contribution in [0.1, 0.15) is 25.8 Å². The van der Waals surface area contributed by atoms with Gasteiger partial charge in [0.2, 0.25) is 5.91 Å². The molecule has 1 aromatic rings. The Morgan fingerprint density at radius 3 is 2.63 bits per heavy atom. The highest BCUT2D eigenvalue weighted by Gasteiger charge is 2.48. The lowest BCUT2D eigenvalue weighted by Gasteiger charge is -2.22. The minimum atomic E-state index is -3.11. The number of rotatable bonds is 6. The maximum atomic E-state index is 13.6. The van der Waals surface area contributed by atoms with Crippen molar-refractivity contribution in [2.45, 2.75) is 32.2 Å². The number of hydrogen-bond donors (Lipinski definition) is 1. The van der Waals surface area contributed by atoms with Crippen LogP contribution < -0.4 is 5.32 Å². The van der Waals surface area contributed by atoms with E-state index in [2.05, 4.69) is 17.0 Å². The summed E-state index contributed by atoms with van der Waals surface area (Å²) in [6, 6.07) is 5.69. The van der Waals surface area contributed by atoms with Crippen molar-refractivity contribution < 1.29 is 23.2 Å². The number of allylic oxidation sites excluding steroid dienone is 1. The van der Waals surface area contributed by atoms with Crippen molar-refractivity contribution in [1.29, 1.82) is 0 Å². The Morgan fingerprint density at radius 1 is 1.37 bits per heavy atom. The number of carbonyl (C=O) groups is 3. The first-order valence-corrected chi connectivity index (χ1v) is 8.38. The second-order valence-electron chi connectivity index (χ2n) is 6.27. The zero-order chi connectivity index (χ0) is 20.2. The molecular weight excluding hydrogens is 356 g/mol. The molecule has 0 aromatic heterocycles. The van der Waals surface area contributed by atoms with Gasteiger partial charge in [-0.25, -0.2) is 8.78 Å². The quantitative estimate of drug-likeness (QED) is 0.611. The molecule has 27 heavy (non-hydrogen) atoms. The summed E-state index contributed by atoms with van der Waals surface area (Å²) in [6.45, 7) is 4.97. The van der Waals surface area contributed by atoms with Crippen LogP contribution in [-0.2, 0) is 14.4 Å². The number of amides is 2. The normalized spacial score (nSPS) is 18.9. The number of benzene rings is 1. The molecule has 0 saturated carbocycles. The van der Waals surface area contributed by atoms with Gasteiger partial charge in [0.1, 0.15) is 0 Å². The highest BCUT2D eigenvalue weighted by molar-refractivity contribution is 6.21. The van der Waals surface area contributed by atoms with Crippen LogP contribution >= 0.6 is 0 Å². The molecule has 1 aromatic carbocycles. The fourth-order valence-electron chi connectivity index (χ4n) is 3.04. The van der Waals surface area contributed by atoms with Crippen LogP contribution in [0.15, 0.2) is 35.3 Å². The predicted molar refractivity (Wildman–Crippen MR) is 98.1 cm³/mol. The molecule has 6 nitrogen and oxygen atoms in total. The molecule has 0 bridgehead atoms. The van der Waals surface area contributed by atoms with Gasteiger partial charge in [0, 0.05) is 17.6 Å². The fourth-order valence-corrected chi connectivity index (χ4v) is 3.04. The van der Waals surface area contributed by atoms with Crippen molar-refractivity contribution in [3.8, 4) is 0 Å². The maximum absolute atomic E-state index is 13.6. The van der Waals surface area contributed by atoms with E-state index in [1.807, 2.05) is 0 Å². The second-order valence-corrected chi connectivity index (χ2v) is 6.27. The summed E-state index contributed by atoms with van der Waals surface area (Å²) in [7, 11) is 0. The molecule has 1 saturated heterocycles. The van der Waals surface area contributed by atoms with Crippen molar-refractivity contribution >= 4 is 35.6 Å². The van der Waals surface area contributed by atoms with E-state index in [1.54, 1.807) is 37.3 Å². The van der Waals surface area contributed by atoms with Crippen LogP contribution in [0.3, 0.4) is 0 Å². The summed E-state index contributed by atoms with van der Waals surface area (Å²) in [5.74, 6) is -4.90. The second kappa shape index (κ2) is 8.20. The van der Waals surface area contributed by atoms with Crippen LogP contribution in [0.25, 0.3) is 5.57 Å². The van der Waals surface area contributed by atoms with E-state index in [9.17, 15) is 23.2 Å². The van der Waals surface area contributed by atoms with Crippen molar-refractivity contribution in [2.24, 2.45) is 4.99 Å². The van der Waals surface area contributed by atoms with Gasteiger partial charge in [0.05, 0.1) is 24.8 Å². The Hall–Kier alpha value is -2.90. The lowest BCUT2D eigenvalue weighted by atomic mass is 10.0. The van der Waals surface area contributed by atoms with Gasteiger partial charge in [-0.2, -0.15) is 0 Å². The Balaban J connectivity index is 2.09. The van der Waals surface area contributed by atoms with E-state index in [4.69, 9.17) is 0 Å². The molecule has 144 valence electrons. The summed E-state index contributed by atoms with van der Waals surface area (Å²) in [4.78, 5) is 41.0. The highest BCUT2D eigenvalue weighted by Crippen LogP contribution is 2.32. The number of nitrogens with one attached hydrogen (secondary N) is 1. The predicted octanol–water partition coefficient (Wildman–Crippen LogP) is 2.36. The average molecular weight is 377 g/mol. The van der Waals surface area contributed by atoms with Gasteiger partial charge in [0.25, 0.3) is 11.8 Å². The Kier molecular flexibility index (Phi) is 6.20. The molecule has 2 amide bonds. The Morgan fingerprint density at radius 2 is 2.04 bits per heavy atom. The molecular formula is C19H21F2N3O3. The largest absolute Gasteiger partial charge is 0.343 e. The van der Waals surface area contributed by atoms with Crippen LogP contribution in [0.4, 0.5) is 14.5 Å². The third-order valence-electron chi connectivity index (χ3n) is 4.36. The molecule has 1 unspecified atom stereocenters. The number of nitrogens with zero attached hydrogens (tertiary/aromatic N) is 2. The zero-order valence-electron chi connectivity index (χ0n) is 15.2. The lowest BCUT2D eigenvalue weighted by molar-refractivity contribution is -0.137. The molecule has 1 aliphatic rings. The Labute approximate surface area is 156 Å². The van der Waals surface area contributed by atoms with E-state index in [1.165, 1.54) is 6.92 Å². The average Bonchev–Trinajstić information content (AvgIpc) is 2.96. The molecule has 0 spiro atoms. The number of carbonyl (C=O) groups excluding carboxylic acids is 3. The molecule has 1 atom stereocenters. The van der Waals surface area contributed by atoms with Crippen LogP contribution in [0.5, 0.6) is 0 Å². The van der Waals surface area contributed by atoms with E-state index < -0.39 is 49.1 Å². The smallest absolute Gasteiger partial charge is 0.267 e. The van der Waals surface area contributed by atoms with E-state index >= 15 is 0 Å². The van der Waals surface area contributed by atoms with Crippen molar-refractivity contribution in [3.63, 3.8) is 0 Å². The molecule has 8 heteroatoms. The van der Waals surface area contributed by atoms with Crippen LogP contribution in [0.2, 0.25) is 0 Å². The maximum Gasteiger partial charge on any atom is 0.267 e. The molecule has 1 aliphatic heterocycles. The first-order chi connectivity index (χ1) is 12.7. The molecule has 1 heterocycles. The Bertz CT molecular complexity index is 805. The van der Waals surface area contributed by atoms with Gasteiger partial charge in [-0.15, -0.1) is 0 Å². The van der Waals surface area contributed by atoms with Gasteiger partial charge < -0.3 is 10.2 Å². The molecule has 2 rings (SSSR count). The summed E-state index contributed by atoms with van der Waals surface area (Å²) < 4.78 is 27.2. The summed E-state index contributed by atoms with van der Waals surface area (Å²) in [5, 5.41) is 2.43. The molecule has 0 aliphatic carbocycles. The highest BCUT2D eigenvalue weighted by atomic mass is 19.3. The molecule has 1 N–H and O–H groups in total. The van der Waals surface area contributed by atoms with Gasteiger partial charge in [-0.3, -0.25) is 19.4 Å². The summed E-state index contributed by atoms with van der Waals surface area (Å²) in [6.07, 6.45) is 0.868. The monoisotopic (exact) mass is 377 g/mol. The van der Waals surface area contributed by atoms with Crippen molar-refractivity contribution in [2.75, 3.05) is 13.1 Å². The minimum Gasteiger partial charge on any atom is -0.343 e. The topological polar surface area (TPSA) is 78.8 Å². The number of Topliss-reactive ketones (excluding diaryl/α,β-unsaturated/α-hetero) is 1. The van der Waals surface area contributed by atoms with E-state index in [-0.39, 0.29) is 5.57 Å². The van der Waals surface area contributed by atoms with Gasteiger partial charge in [-0.05, 0) is 26.6 Å². The minimum absolute atomic E-state index is 0.278. The number of alkyl halides is 2. The first-order valence-electron chi connectivity index (χ1n) is 8.38. The first kappa shape index (κ1) is 20.4. The fraction of sp³-hybridized carbons (Fsp3) is 0.368. The number of aliphatic imine (C=N–C) groups is 1. The number of para-hydroxylation sites is 1. The molecule has 1 fully saturated rings. The van der Waals surface area contributed by atoms with Gasteiger partial charge in [0.15, 0.2) is 5.78 Å². The SMILES string of the molecule is C=Nc1ccccc1/C(=C\C)C(=O)NCC(=O)N1CC(F)(F)CC1C(C)=O. The number of hydrogen-bond acceptors (Lipinski definition) is 4. The van der Waals surface area contributed by atoms with E-state index in [0.717, 1.165) is 4.90 Å². The van der Waals surface area contributed by atoms with Gasteiger partial charge in [-0.1, -0.05) is 24.3 Å². The van der Waals surface area contributed by atoms with Crippen molar-refractivity contribution in [1.82, 2.24) is 10.2 Å². The molecule has 0 radical (unpaired) electrons. The standard InChI is InChI=1S/C19H21F2N3O3/c1-4-13(14-7-5-6-8-15(14)22-3)18(27)23-10-17(26)24-11-19(20,21)9-16(24)12(2)25/h4-8,16H,3,9-11H2,1-2H3,(H,23,27)/b13-4+. The number of halogens is 2. The van der Waals surface area contributed by atoms with E-state index in [0.29, 0.717) is 11.3 Å². The summed E-state index contributed by atoms with van der Waals surface area (Å²) >= 11 is 0. The third kappa shape index (κ3) is 4.64. The van der Waals surface area contributed by atoms with Crippen LogP contribution in [0, 0.1) is 0 Å². The van der Waals surface area contributed by atoms with Gasteiger partial charge >= 0.3 is 0 Å². The lowest BCUT2D eigenvalue weighted by Crippen LogP contribution is -2.45. The number of likely N-dealkylation sites (tertiary alicyclic amines) is 1.